The number of amides is 1. The van der Waals surface area contributed by atoms with Crippen LogP contribution >= 0.6 is 0 Å². The largest absolute Gasteiger partial charge is 0.356 e. The molecule has 1 amide bonds. The Hall–Kier alpha value is -3.61. The summed E-state index contributed by atoms with van der Waals surface area (Å²) in [5.74, 6) is 0.622. The van der Waals surface area contributed by atoms with E-state index in [0.717, 1.165) is 30.2 Å². The van der Waals surface area contributed by atoms with Gasteiger partial charge in [0.25, 0.3) is 0 Å². The van der Waals surface area contributed by atoms with Crippen LogP contribution in [0.15, 0.2) is 72.0 Å². The lowest BCUT2D eigenvalue weighted by Crippen LogP contribution is -2.43. The van der Waals surface area contributed by atoms with E-state index in [1.165, 1.54) is 11.1 Å². The predicted molar refractivity (Wildman–Crippen MR) is 134 cm³/mol. The summed E-state index contributed by atoms with van der Waals surface area (Å²) in [6.45, 7) is 8.15. The normalized spacial score (nSPS) is 11.8. The second kappa shape index (κ2) is 11.3. The van der Waals surface area contributed by atoms with E-state index in [1.54, 1.807) is 30.2 Å². The number of guanidine groups is 1. The zero-order valence-electron chi connectivity index (χ0n) is 19.9. The topological polar surface area (TPSA) is 83.3 Å². The van der Waals surface area contributed by atoms with Crippen LogP contribution < -0.4 is 16.0 Å². The second-order valence-corrected chi connectivity index (χ2v) is 8.67. The minimum absolute atomic E-state index is 0.0390. The highest BCUT2D eigenvalue weighted by atomic mass is 16.2. The van der Waals surface area contributed by atoms with Gasteiger partial charge < -0.3 is 16.0 Å². The van der Waals surface area contributed by atoms with E-state index in [0.29, 0.717) is 6.54 Å². The van der Waals surface area contributed by atoms with E-state index in [1.807, 2.05) is 24.3 Å². The van der Waals surface area contributed by atoms with Gasteiger partial charge >= 0.3 is 0 Å². The average molecular weight is 447 g/mol. The zero-order chi connectivity index (χ0) is 23.7. The summed E-state index contributed by atoms with van der Waals surface area (Å²) in [4.78, 5) is 16.6. The van der Waals surface area contributed by atoms with Gasteiger partial charge in [-0.15, -0.1) is 0 Å². The number of anilines is 1. The van der Waals surface area contributed by atoms with Crippen LogP contribution in [0.4, 0.5) is 5.69 Å². The molecule has 0 bridgehead atoms. The molecular weight excluding hydrogens is 412 g/mol. The molecule has 3 N–H and O–H groups in total. The quantitative estimate of drug-likeness (QED) is 0.346. The Balaban J connectivity index is 1.51. The number of hydrogen-bond acceptors (Lipinski definition) is 3. The molecule has 7 heteroatoms. The maximum atomic E-state index is 12.2. The number of carbonyl (C=O) groups is 1. The molecule has 0 aliphatic carbocycles. The molecule has 3 rings (SSSR count). The van der Waals surface area contributed by atoms with Crippen LogP contribution in [0, 0.1) is 0 Å². The van der Waals surface area contributed by atoms with Crippen molar-refractivity contribution in [3.8, 4) is 0 Å². The van der Waals surface area contributed by atoms with Gasteiger partial charge in [0.1, 0.15) is 6.54 Å². The zero-order valence-corrected chi connectivity index (χ0v) is 19.9. The van der Waals surface area contributed by atoms with Crippen molar-refractivity contribution in [1.29, 1.82) is 0 Å². The van der Waals surface area contributed by atoms with Crippen LogP contribution in [0.5, 0.6) is 0 Å². The van der Waals surface area contributed by atoms with Crippen LogP contribution in [-0.2, 0) is 29.7 Å². The van der Waals surface area contributed by atoms with Gasteiger partial charge in [-0.1, -0.05) is 57.2 Å². The highest BCUT2D eigenvalue weighted by Crippen LogP contribution is 2.22. The van der Waals surface area contributed by atoms with E-state index >= 15 is 0 Å². The minimum atomic E-state index is -0.115. The summed E-state index contributed by atoms with van der Waals surface area (Å²) in [6.07, 6.45) is 4.47. The lowest BCUT2D eigenvalue weighted by atomic mass is 9.84. The van der Waals surface area contributed by atoms with Crippen LogP contribution in [0.1, 0.15) is 37.5 Å². The summed E-state index contributed by atoms with van der Waals surface area (Å²) in [7, 11) is 1.77. The number of rotatable bonds is 9. The molecule has 7 nitrogen and oxygen atoms in total. The first-order valence-electron chi connectivity index (χ1n) is 11.3. The molecular formula is C26H34N6O. The van der Waals surface area contributed by atoms with Crippen molar-refractivity contribution >= 4 is 17.6 Å². The van der Waals surface area contributed by atoms with Crippen molar-refractivity contribution in [3.05, 3.63) is 83.7 Å². The smallest absolute Gasteiger partial charge is 0.246 e. The van der Waals surface area contributed by atoms with Crippen molar-refractivity contribution in [2.24, 2.45) is 4.99 Å². The number of aryl methyl sites for hydroxylation is 1. The molecule has 3 aromatic rings. The first-order valence-corrected chi connectivity index (χ1v) is 11.3. The van der Waals surface area contributed by atoms with Crippen molar-refractivity contribution in [3.63, 3.8) is 0 Å². The first-order chi connectivity index (χ1) is 15.9. The predicted octanol–water partition coefficient (Wildman–Crippen LogP) is 3.73. The fourth-order valence-corrected chi connectivity index (χ4v) is 3.51. The van der Waals surface area contributed by atoms with Gasteiger partial charge in [-0.2, -0.15) is 5.10 Å². The molecule has 174 valence electrons. The van der Waals surface area contributed by atoms with E-state index in [2.05, 4.69) is 71.1 Å². The Kier molecular flexibility index (Phi) is 8.24. The lowest BCUT2D eigenvalue weighted by molar-refractivity contribution is -0.116. The first kappa shape index (κ1) is 24.0. The molecule has 33 heavy (non-hydrogen) atoms. The van der Waals surface area contributed by atoms with Crippen molar-refractivity contribution in [2.75, 3.05) is 18.9 Å². The van der Waals surface area contributed by atoms with Gasteiger partial charge in [-0.3, -0.25) is 14.5 Å². The molecule has 0 aliphatic heterocycles. The molecule has 0 atom stereocenters. The third-order valence-electron chi connectivity index (χ3n) is 5.60. The fraction of sp³-hybridized carbons (Fsp3) is 0.346. The molecule has 0 spiro atoms. The Morgan fingerprint density at radius 1 is 1.06 bits per heavy atom. The fourth-order valence-electron chi connectivity index (χ4n) is 3.51. The van der Waals surface area contributed by atoms with Gasteiger partial charge in [0.05, 0.1) is 0 Å². The molecule has 0 aliphatic rings. The van der Waals surface area contributed by atoms with E-state index in [-0.39, 0.29) is 17.9 Å². The summed E-state index contributed by atoms with van der Waals surface area (Å²) >= 11 is 0. The monoisotopic (exact) mass is 446 g/mol. The summed E-state index contributed by atoms with van der Waals surface area (Å²) in [5.41, 5.74) is 4.40. The van der Waals surface area contributed by atoms with Gasteiger partial charge in [-0.25, -0.2) is 0 Å². The molecule has 0 radical (unpaired) electrons. The Morgan fingerprint density at radius 2 is 1.85 bits per heavy atom. The van der Waals surface area contributed by atoms with E-state index in [4.69, 9.17) is 0 Å². The molecule has 1 heterocycles. The average Bonchev–Trinajstić information content (AvgIpc) is 3.32. The number of nitrogens with zero attached hydrogens (tertiary/aromatic N) is 3. The lowest BCUT2D eigenvalue weighted by Gasteiger charge is -2.27. The molecule has 0 saturated heterocycles. The highest BCUT2D eigenvalue weighted by Gasteiger charge is 2.20. The number of benzene rings is 2. The van der Waals surface area contributed by atoms with Crippen LogP contribution in [0.25, 0.3) is 0 Å². The number of carbonyl (C=O) groups excluding carboxylic acids is 1. The maximum Gasteiger partial charge on any atom is 0.246 e. The van der Waals surface area contributed by atoms with Gasteiger partial charge in [-0.05, 0) is 41.3 Å². The van der Waals surface area contributed by atoms with Crippen LogP contribution in [0.3, 0.4) is 0 Å². The van der Waals surface area contributed by atoms with E-state index in [9.17, 15) is 4.79 Å². The molecule has 0 saturated carbocycles. The number of aromatic nitrogens is 2. The third kappa shape index (κ3) is 7.20. The van der Waals surface area contributed by atoms with Crippen LogP contribution in [-0.4, -0.2) is 35.2 Å². The summed E-state index contributed by atoms with van der Waals surface area (Å²) in [5, 5.41) is 13.8. The third-order valence-corrected chi connectivity index (χ3v) is 5.60. The number of nitrogens with one attached hydrogen (secondary N) is 3. The summed E-state index contributed by atoms with van der Waals surface area (Å²) < 4.78 is 1.59. The Morgan fingerprint density at radius 3 is 2.52 bits per heavy atom. The number of aliphatic imine (C=N–C) groups is 1. The van der Waals surface area contributed by atoms with Gasteiger partial charge in [0.2, 0.25) is 5.91 Å². The SMILES string of the molecule is CCc1ccc(C(C)(C)CNC(=NC)NCc2cccc(NC(=O)Cn3cccn3)c2)cc1. The van der Waals surface area contributed by atoms with Crippen molar-refractivity contribution in [2.45, 2.75) is 45.7 Å². The van der Waals surface area contributed by atoms with Crippen LogP contribution in [0.2, 0.25) is 0 Å². The minimum Gasteiger partial charge on any atom is -0.356 e. The molecule has 0 fully saturated rings. The van der Waals surface area contributed by atoms with Crippen molar-refractivity contribution < 1.29 is 4.79 Å². The summed E-state index contributed by atoms with van der Waals surface area (Å²) in [6, 6.07) is 18.4. The van der Waals surface area contributed by atoms with Gasteiger partial charge in [0, 0.05) is 43.6 Å². The van der Waals surface area contributed by atoms with E-state index < -0.39 is 0 Å². The Bertz CT molecular complexity index is 1050. The second-order valence-electron chi connectivity index (χ2n) is 8.67. The number of hydrogen-bond donors (Lipinski definition) is 3. The molecule has 0 unspecified atom stereocenters. The molecule has 1 aromatic heterocycles. The van der Waals surface area contributed by atoms with Gasteiger partial charge in [0.15, 0.2) is 5.96 Å². The standard InChI is InChI=1S/C26H34N6O/c1-5-20-10-12-22(13-11-20)26(2,3)19-29-25(27-4)28-17-21-8-6-9-23(16-21)31-24(33)18-32-15-7-14-30-32/h6-16H,5,17-19H2,1-4H3,(H,31,33)(H2,27,28,29). The molecule has 2 aromatic carbocycles. The van der Waals surface area contributed by atoms with Crippen molar-refractivity contribution in [1.82, 2.24) is 20.4 Å². The highest BCUT2D eigenvalue weighted by molar-refractivity contribution is 5.90. The maximum absolute atomic E-state index is 12.2. The Labute approximate surface area is 196 Å².